The van der Waals surface area contributed by atoms with Crippen LogP contribution in [-0.2, 0) is 0 Å². The lowest BCUT2D eigenvalue weighted by molar-refractivity contribution is 0.290. The quantitative estimate of drug-likeness (QED) is 0.879. The highest BCUT2D eigenvalue weighted by Crippen LogP contribution is 2.14. The number of para-hydroxylation sites is 1. The number of aromatic nitrogens is 1. The van der Waals surface area contributed by atoms with Crippen LogP contribution in [0.15, 0.2) is 48.8 Å². The summed E-state index contributed by atoms with van der Waals surface area (Å²) >= 11 is 0. The minimum Gasteiger partial charge on any atom is -0.492 e. The van der Waals surface area contributed by atoms with Crippen molar-refractivity contribution in [2.45, 2.75) is 6.04 Å². The highest BCUT2D eigenvalue weighted by molar-refractivity contribution is 5.21. The van der Waals surface area contributed by atoms with Crippen molar-refractivity contribution in [3.8, 4) is 5.75 Å². The van der Waals surface area contributed by atoms with E-state index >= 15 is 0 Å². The summed E-state index contributed by atoms with van der Waals surface area (Å²) in [4.78, 5) is 3.75. The topological polar surface area (TPSA) is 48.1 Å². The Kier molecular flexibility index (Phi) is 3.67. The number of rotatable bonds is 4. The van der Waals surface area contributed by atoms with E-state index in [4.69, 9.17) is 10.5 Å². The molecule has 0 saturated carbocycles. The van der Waals surface area contributed by atoms with Gasteiger partial charge >= 0.3 is 0 Å². The smallest absolute Gasteiger partial charge is 0.141 e. The summed E-state index contributed by atoms with van der Waals surface area (Å²) in [6.07, 6.45) is 2.69. The van der Waals surface area contributed by atoms with Gasteiger partial charge in [-0.2, -0.15) is 0 Å². The first-order valence-corrected chi connectivity index (χ1v) is 5.29. The van der Waals surface area contributed by atoms with Crippen molar-refractivity contribution in [3.63, 3.8) is 0 Å². The lowest BCUT2D eigenvalue weighted by atomic mass is 10.1. The Morgan fingerprint density at radius 2 is 2.00 bits per heavy atom. The SMILES string of the molecule is NC(COc1ccccc1)c1cncc(F)c1. The molecule has 4 heteroatoms. The van der Waals surface area contributed by atoms with Gasteiger partial charge in [-0.3, -0.25) is 4.98 Å². The molecule has 1 unspecified atom stereocenters. The molecule has 0 fully saturated rings. The molecule has 0 spiro atoms. The van der Waals surface area contributed by atoms with Crippen LogP contribution in [0.5, 0.6) is 5.75 Å². The van der Waals surface area contributed by atoms with Crippen LogP contribution in [0.3, 0.4) is 0 Å². The second-order valence-electron chi connectivity index (χ2n) is 3.67. The van der Waals surface area contributed by atoms with Gasteiger partial charge < -0.3 is 10.5 Å². The monoisotopic (exact) mass is 232 g/mol. The van der Waals surface area contributed by atoms with Crippen molar-refractivity contribution in [1.82, 2.24) is 4.98 Å². The predicted octanol–water partition coefficient (Wildman–Crippen LogP) is 2.30. The van der Waals surface area contributed by atoms with Gasteiger partial charge in [0.15, 0.2) is 0 Å². The van der Waals surface area contributed by atoms with E-state index in [0.29, 0.717) is 5.56 Å². The highest BCUT2D eigenvalue weighted by Gasteiger charge is 2.08. The van der Waals surface area contributed by atoms with Crippen molar-refractivity contribution in [2.24, 2.45) is 5.73 Å². The first kappa shape index (κ1) is 11.5. The normalized spacial score (nSPS) is 12.1. The standard InChI is InChI=1S/C13H13FN2O/c14-11-6-10(7-16-8-11)13(15)9-17-12-4-2-1-3-5-12/h1-8,13H,9,15H2. The van der Waals surface area contributed by atoms with Gasteiger partial charge in [-0.15, -0.1) is 0 Å². The molecule has 0 saturated heterocycles. The molecule has 0 aliphatic rings. The van der Waals surface area contributed by atoms with Gasteiger partial charge in [0.05, 0.1) is 12.2 Å². The molecule has 88 valence electrons. The van der Waals surface area contributed by atoms with Gasteiger partial charge in [-0.25, -0.2) is 4.39 Å². The van der Waals surface area contributed by atoms with E-state index < -0.39 is 11.9 Å². The van der Waals surface area contributed by atoms with Gasteiger partial charge in [0, 0.05) is 6.20 Å². The highest BCUT2D eigenvalue weighted by atomic mass is 19.1. The molecule has 0 bridgehead atoms. The molecule has 1 heterocycles. The zero-order valence-electron chi connectivity index (χ0n) is 9.21. The molecule has 2 rings (SSSR count). The maximum absolute atomic E-state index is 12.9. The van der Waals surface area contributed by atoms with Crippen LogP contribution < -0.4 is 10.5 Å². The summed E-state index contributed by atoms with van der Waals surface area (Å²) in [5.41, 5.74) is 6.51. The van der Waals surface area contributed by atoms with E-state index in [0.717, 1.165) is 11.9 Å². The fourth-order valence-corrected chi connectivity index (χ4v) is 1.43. The van der Waals surface area contributed by atoms with Crippen molar-refractivity contribution in [3.05, 3.63) is 60.2 Å². The van der Waals surface area contributed by atoms with Crippen LogP contribution in [0.4, 0.5) is 4.39 Å². The van der Waals surface area contributed by atoms with Crippen LogP contribution in [0.1, 0.15) is 11.6 Å². The molecule has 0 aliphatic heterocycles. The van der Waals surface area contributed by atoms with Gasteiger partial charge in [0.25, 0.3) is 0 Å². The van der Waals surface area contributed by atoms with E-state index in [9.17, 15) is 4.39 Å². The van der Waals surface area contributed by atoms with Gasteiger partial charge in [0.2, 0.25) is 0 Å². The largest absolute Gasteiger partial charge is 0.492 e. The zero-order chi connectivity index (χ0) is 12.1. The summed E-state index contributed by atoms with van der Waals surface area (Å²) < 4.78 is 18.4. The molecule has 17 heavy (non-hydrogen) atoms. The summed E-state index contributed by atoms with van der Waals surface area (Å²) in [6, 6.07) is 10.3. The number of halogens is 1. The number of nitrogens with two attached hydrogens (primary N) is 1. The average molecular weight is 232 g/mol. The second kappa shape index (κ2) is 5.41. The predicted molar refractivity (Wildman–Crippen MR) is 63.1 cm³/mol. The van der Waals surface area contributed by atoms with Crippen molar-refractivity contribution >= 4 is 0 Å². The number of hydrogen-bond acceptors (Lipinski definition) is 3. The van der Waals surface area contributed by atoms with E-state index in [1.165, 1.54) is 6.07 Å². The Hall–Kier alpha value is -1.94. The third kappa shape index (κ3) is 3.26. The number of ether oxygens (including phenoxy) is 1. The first-order chi connectivity index (χ1) is 8.25. The molecular weight excluding hydrogens is 219 g/mol. The van der Waals surface area contributed by atoms with Crippen LogP contribution >= 0.6 is 0 Å². The molecule has 1 aromatic heterocycles. The molecular formula is C13H13FN2O. The number of hydrogen-bond donors (Lipinski definition) is 1. The first-order valence-electron chi connectivity index (χ1n) is 5.29. The second-order valence-corrected chi connectivity index (χ2v) is 3.67. The summed E-state index contributed by atoms with van der Waals surface area (Å²) in [6.45, 7) is 0.287. The van der Waals surface area contributed by atoms with Crippen molar-refractivity contribution in [1.29, 1.82) is 0 Å². The maximum atomic E-state index is 12.9. The lowest BCUT2D eigenvalue weighted by Gasteiger charge is -2.13. The maximum Gasteiger partial charge on any atom is 0.141 e. The summed E-state index contributed by atoms with van der Waals surface area (Å²) in [5, 5.41) is 0. The van der Waals surface area contributed by atoms with Crippen molar-refractivity contribution in [2.75, 3.05) is 6.61 Å². The third-order valence-electron chi connectivity index (χ3n) is 2.33. The number of benzene rings is 1. The Morgan fingerprint density at radius 1 is 1.24 bits per heavy atom. The minimum absolute atomic E-state index is 0.287. The lowest BCUT2D eigenvalue weighted by Crippen LogP contribution is -2.19. The van der Waals surface area contributed by atoms with Gasteiger partial charge in [0.1, 0.15) is 18.2 Å². The average Bonchev–Trinajstić information content (AvgIpc) is 2.37. The van der Waals surface area contributed by atoms with Crippen LogP contribution in [0.2, 0.25) is 0 Å². The molecule has 0 radical (unpaired) electrons. The Balaban J connectivity index is 1.96. The van der Waals surface area contributed by atoms with E-state index in [1.54, 1.807) is 6.20 Å². The van der Waals surface area contributed by atoms with Gasteiger partial charge in [-0.05, 0) is 23.8 Å². The van der Waals surface area contributed by atoms with E-state index in [2.05, 4.69) is 4.98 Å². The fourth-order valence-electron chi connectivity index (χ4n) is 1.43. The molecule has 1 atom stereocenters. The molecule has 2 N–H and O–H groups in total. The molecule has 2 aromatic rings. The fraction of sp³-hybridized carbons (Fsp3) is 0.154. The molecule has 3 nitrogen and oxygen atoms in total. The Labute approximate surface area is 99.1 Å². The van der Waals surface area contributed by atoms with E-state index in [-0.39, 0.29) is 6.61 Å². The van der Waals surface area contributed by atoms with Crippen LogP contribution in [-0.4, -0.2) is 11.6 Å². The minimum atomic E-state index is -0.391. The number of nitrogens with zero attached hydrogens (tertiary/aromatic N) is 1. The summed E-state index contributed by atoms with van der Waals surface area (Å²) in [7, 11) is 0. The van der Waals surface area contributed by atoms with Crippen LogP contribution in [0, 0.1) is 5.82 Å². The molecule has 0 aliphatic carbocycles. The van der Waals surface area contributed by atoms with Gasteiger partial charge in [-0.1, -0.05) is 18.2 Å². The van der Waals surface area contributed by atoms with Crippen molar-refractivity contribution < 1.29 is 9.13 Å². The Morgan fingerprint density at radius 3 is 2.71 bits per heavy atom. The Bertz CT molecular complexity index is 476. The number of pyridine rings is 1. The molecule has 0 amide bonds. The zero-order valence-corrected chi connectivity index (χ0v) is 9.21. The third-order valence-corrected chi connectivity index (χ3v) is 2.33. The van der Waals surface area contributed by atoms with Crippen LogP contribution in [0.25, 0.3) is 0 Å². The summed E-state index contributed by atoms with van der Waals surface area (Å²) in [5.74, 6) is 0.352. The van der Waals surface area contributed by atoms with E-state index in [1.807, 2.05) is 30.3 Å². The molecule has 1 aromatic carbocycles.